The van der Waals surface area contributed by atoms with Crippen molar-refractivity contribution in [2.24, 2.45) is 0 Å². The molecule has 0 radical (unpaired) electrons. The molecule has 1 aromatic carbocycles. The number of carbonyl (C=O) groups excluding carboxylic acids is 1. The van der Waals surface area contributed by atoms with Crippen LogP contribution in [0.5, 0.6) is 5.75 Å². The molecule has 1 aromatic rings. The summed E-state index contributed by atoms with van der Waals surface area (Å²) in [5.41, 5.74) is -0.350. The molecule has 1 rings (SSSR count). The first kappa shape index (κ1) is 14.9. The number of hydrogen-bond acceptors (Lipinski definition) is 5. The van der Waals surface area contributed by atoms with Gasteiger partial charge in [-0.25, -0.2) is 4.79 Å². The summed E-state index contributed by atoms with van der Waals surface area (Å²) in [4.78, 5) is 22.0. The number of nitrogens with zero attached hydrogens (tertiary/aromatic N) is 1. The molecule has 19 heavy (non-hydrogen) atoms. The van der Waals surface area contributed by atoms with Gasteiger partial charge in [0.25, 0.3) is 5.69 Å². The molecule has 0 bridgehead atoms. The van der Waals surface area contributed by atoms with Crippen LogP contribution in [0.25, 0.3) is 0 Å². The van der Waals surface area contributed by atoms with E-state index in [0.29, 0.717) is 18.8 Å². The van der Waals surface area contributed by atoms with Gasteiger partial charge in [-0.1, -0.05) is 13.8 Å². The molecule has 0 aliphatic heterocycles. The standard InChI is InChI=1S/C13H17NO5/c1-3-7-18-10-5-6-12(14(16)17)11(9-10)13(15)19-8-4-2/h5-6,9H,3-4,7-8H2,1-2H3. The highest BCUT2D eigenvalue weighted by atomic mass is 16.6. The highest BCUT2D eigenvalue weighted by Crippen LogP contribution is 2.25. The van der Waals surface area contributed by atoms with Crippen LogP contribution in [0.1, 0.15) is 37.0 Å². The first-order valence-electron chi connectivity index (χ1n) is 6.18. The monoisotopic (exact) mass is 267 g/mol. The van der Waals surface area contributed by atoms with E-state index in [4.69, 9.17) is 9.47 Å². The number of nitro benzene ring substituents is 1. The molecule has 0 saturated carbocycles. The molecule has 6 heteroatoms. The van der Waals surface area contributed by atoms with Crippen molar-refractivity contribution >= 4 is 11.7 Å². The molecule has 6 nitrogen and oxygen atoms in total. The van der Waals surface area contributed by atoms with E-state index in [1.165, 1.54) is 18.2 Å². The Balaban J connectivity index is 3.01. The summed E-state index contributed by atoms with van der Waals surface area (Å²) >= 11 is 0. The van der Waals surface area contributed by atoms with Crippen LogP contribution in [-0.4, -0.2) is 24.1 Å². The average molecular weight is 267 g/mol. The second kappa shape index (κ2) is 7.35. The lowest BCUT2D eigenvalue weighted by atomic mass is 10.1. The number of rotatable bonds is 7. The van der Waals surface area contributed by atoms with Crippen molar-refractivity contribution in [2.75, 3.05) is 13.2 Å². The van der Waals surface area contributed by atoms with Crippen LogP contribution in [0.3, 0.4) is 0 Å². The third-order valence-electron chi connectivity index (χ3n) is 2.29. The quantitative estimate of drug-likeness (QED) is 0.431. The number of hydrogen-bond donors (Lipinski definition) is 0. The second-order valence-electron chi connectivity index (χ2n) is 3.92. The predicted octanol–water partition coefficient (Wildman–Crippen LogP) is 2.95. The van der Waals surface area contributed by atoms with Gasteiger partial charge in [-0.05, 0) is 18.9 Å². The van der Waals surface area contributed by atoms with Crippen LogP contribution < -0.4 is 4.74 Å². The van der Waals surface area contributed by atoms with Gasteiger partial charge in [0.15, 0.2) is 0 Å². The molecule has 0 fully saturated rings. The van der Waals surface area contributed by atoms with Gasteiger partial charge in [0.2, 0.25) is 0 Å². The molecule has 0 unspecified atom stereocenters. The Labute approximate surface area is 111 Å². The Morgan fingerprint density at radius 3 is 2.53 bits per heavy atom. The number of ether oxygens (including phenoxy) is 2. The van der Waals surface area contributed by atoms with Crippen molar-refractivity contribution < 1.29 is 19.2 Å². The summed E-state index contributed by atoms with van der Waals surface area (Å²) in [7, 11) is 0. The zero-order valence-corrected chi connectivity index (χ0v) is 11.0. The molecule has 0 spiro atoms. The number of nitro groups is 1. The second-order valence-corrected chi connectivity index (χ2v) is 3.92. The zero-order chi connectivity index (χ0) is 14.3. The fraction of sp³-hybridized carbons (Fsp3) is 0.462. The summed E-state index contributed by atoms with van der Waals surface area (Å²) < 4.78 is 10.3. The van der Waals surface area contributed by atoms with Gasteiger partial charge < -0.3 is 9.47 Å². The van der Waals surface area contributed by atoms with Gasteiger partial charge in [0.05, 0.1) is 18.1 Å². The van der Waals surface area contributed by atoms with Gasteiger partial charge >= 0.3 is 5.97 Å². The third kappa shape index (κ3) is 4.24. The van der Waals surface area contributed by atoms with Gasteiger partial charge in [0, 0.05) is 12.1 Å². The largest absolute Gasteiger partial charge is 0.494 e. The summed E-state index contributed by atoms with van der Waals surface area (Å²) in [6.45, 7) is 4.52. The van der Waals surface area contributed by atoms with Gasteiger partial charge in [0.1, 0.15) is 11.3 Å². The van der Waals surface area contributed by atoms with E-state index in [9.17, 15) is 14.9 Å². The molecule has 0 heterocycles. The SMILES string of the molecule is CCCOC(=O)c1cc(OCCC)ccc1[N+](=O)[O-]. The molecule has 0 aliphatic carbocycles. The molecule has 0 atom stereocenters. The fourth-order valence-corrected chi connectivity index (χ4v) is 1.42. The van der Waals surface area contributed by atoms with Crippen molar-refractivity contribution in [1.29, 1.82) is 0 Å². The van der Waals surface area contributed by atoms with Crippen molar-refractivity contribution in [3.05, 3.63) is 33.9 Å². The lowest BCUT2D eigenvalue weighted by Crippen LogP contribution is -2.09. The van der Waals surface area contributed by atoms with Crippen LogP contribution in [0.2, 0.25) is 0 Å². The smallest absolute Gasteiger partial charge is 0.345 e. The average Bonchev–Trinajstić information content (AvgIpc) is 2.41. The molecule has 0 N–H and O–H groups in total. The maximum Gasteiger partial charge on any atom is 0.345 e. The summed E-state index contributed by atoms with van der Waals surface area (Å²) in [5, 5.41) is 10.9. The van der Waals surface area contributed by atoms with Crippen LogP contribution in [0, 0.1) is 10.1 Å². The van der Waals surface area contributed by atoms with E-state index in [-0.39, 0.29) is 17.9 Å². The fourth-order valence-electron chi connectivity index (χ4n) is 1.42. The topological polar surface area (TPSA) is 78.7 Å². The van der Waals surface area contributed by atoms with Crippen LogP contribution in [0.4, 0.5) is 5.69 Å². The van der Waals surface area contributed by atoms with E-state index in [1.807, 2.05) is 13.8 Å². The first-order chi connectivity index (χ1) is 9.10. The predicted molar refractivity (Wildman–Crippen MR) is 69.5 cm³/mol. The maximum atomic E-state index is 11.8. The van der Waals surface area contributed by atoms with Crippen molar-refractivity contribution in [3.8, 4) is 5.75 Å². The van der Waals surface area contributed by atoms with Gasteiger partial charge in [-0.2, -0.15) is 0 Å². The Hall–Kier alpha value is -2.11. The maximum absolute atomic E-state index is 11.8. The van der Waals surface area contributed by atoms with Crippen molar-refractivity contribution in [2.45, 2.75) is 26.7 Å². The highest BCUT2D eigenvalue weighted by molar-refractivity contribution is 5.94. The minimum absolute atomic E-state index is 0.0768. The molecule has 0 aliphatic rings. The Morgan fingerprint density at radius 2 is 1.95 bits per heavy atom. The summed E-state index contributed by atoms with van der Waals surface area (Å²) in [6.07, 6.45) is 1.47. The van der Waals surface area contributed by atoms with Crippen molar-refractivity contribution in [3.63, 3.8) is 0 Å². The molecule has 0 amide bonds. The lowest BCUT2D eigenvalue weighted by molar-refractivity contribution is -0.385. The van der Waals surface area contributed by atoms with E-state index in [1.54, 1.807) is 0 Å². The normalized spacial score (nSPS) is 10.0. The lowest BCUT2D eigenvalue weighted by Gasteiger charge is -2.08. The summed E-state index contributed by atoms with van der Waals surface area (Å²) in [5.74, 6) is -0.272. The highest BCUT2D eigenvalue weighted by Gasteiger charge is 2.22. The Morgan fingerprint density at radius 1 is 1.26 bits per heavy atom. The first-order valence-corrected chi connectivity index (χ1v) is 6.18. The summed E-state index contributed by atoms with van der Waals surface area (Å²) in [6, 6.07) is 4.09. The Bertz CT molecular complexity index is 458. The van der Waals surface area contributed by atoms with Gasteiger partial charge in [-0.15, -0.1) is 0 Å². The van der Waals surface area contributed by atoms with E-state index >= 15 is 0 Å². The van der Waals surface area contributed by atoms with E-state index in [0.717, 1.165) is 6.42 Å². The molecule has 0 aromatic heterocycles. The molecular formula is C13H17NO5. The number of benzene rings is 1. The minimum atomic E-state index is -0.699. The van der Waals surface area contributed by atoms with E-state index in [2.05, 4.69) is 0 Å². The minimum Gasteiger partial charge on any atom is -0.494 e. The molecule has 0 saturated heterocycles. The van der Waals surface area contributed by atoms with Gasteiger partial charge in [-0.3, -0.25) is 10.1 Å². The van der Waals surface area contributed by atoms with Crippen LogP contribution in [0.15, 0.2) is 18.2 Å². The zero-order valence-electron chi connectivity index (χ0n) is 11.0. The van der Waals surface area contributed by atoms with Crippen LogP contribution >= 0.6 is 0 Å². The number of esters is 1. The molecule has 104 valence electrons. The third-order valence-corrected chi connectivity index (χ3v) is 2.29. The number of carbonyl (C=O) groups is 1. The molecular weight excluding hydrogens is 250 g/mol. The van der Waals surface area contributed by atoms with E-state index < -0.39 is 10.9 Å². The van der Waals surface area contributed by atoms with Crippen molar-refractivity contribution in [1.82, 2.24) is 0 Å². The van der Waals surface area contributed by atoms with Crippen LogP contribution in [-0.2, 0) is 4.74 Å². The Kier molecular flexibility index (Phi) is 5.78.